The zero-order valence-electron chi connectivity index (χ0n) is 7.54. The van der Waals surface area contributed by atoms with E-state index in [-0.39, 0.29) is 5.78 Å². The van der Waals surface area contributed by atoms with Crippen molar-refractivity contribution in [2.24, 2.45) is 0 Å². The van der Waals surface area contributed by atoms with Crippen LogP contribution < -0.4 is 0 Å². The molecule has 0 radical (unpaired) electrons. The topological polar surface area (TPSA) is 34.1 Å². The van der Waals surface area contributed by atoms with Crippen LogP contribution in [0.2, 0.25) is 0 Å². The molecule has 0 fully saturated rings. The van der Waals surface area contributed by atoms with Gasteiger partial charge in [0.15, 0.2) is 12.1 Å². The van der Waals surface area contributed by atoms with Gasteiger partial charge in [0.2, 0.25) is 0 Å². The van der Waals surface area contributed by atoms with Crippen molar-refractivity contribution < 1.29 is 9.59 Å². The van der Waals surface area contributed by atoms with Crippen LogP contribution in [0.5, 0.6) is 0 Å². The number of benzene rings is 1. The molecule has 0 spiro atoms. The molecule has 0 amide bonds. The summed E-state index contributed by atoms with van der Waals surface area (Å²) in [5.74, 6) is 5.18. The van der Waals surface area contributed by atoms with Crippen LogP contribution in [-0.2, 0) is 11.2 Å². The molecule has 0 bridgehead atoms. The Morgan fingerprint density at radius 3 is 2.93 bits per heavy atom. The third kappa shape index (κ3) is 1.45. The molecule has 0 heterocycles. The highest BCUT2D eigenvalue weighted by molar-refractivity contribution is 6.00. The number of carbonyl (C=O) groups is 2. The summed E-state index contributed by atoms with van der Waals surface area (Å²) in [6.07, 6.45) is 1.98. The Morgan fingerprint density at radius 1 is 1.29 bits per heavy atom. The summed E-state index contributed by atoms with van der Waals surface area (Å²) in [7, 11) is 0. The van der Waals surface area contributed by atoms with Gasteiger partial charge < -0.3 is 0 Å². The summed E-state index contributed by atoms with van der Waals surface area (Å²) in [6.45, 7) is 0. The molecule has 2 rings (SSSR count). The van der Waals surface area contributed by atoms with Crippen LogP contribution in [0.1, 0.15) is 27.9 Å². The van der Waals surface area contributed by atoms with E-state index >= 15 is 0 Å². The second kappa shape index (κ2) is 3.47. The van der Waals surface area contributed by atoms with Crippen LogP contribution in [0, 0.1) is 11.8 Å². The maximum atomic E-state index is 11.4. The lowest BCUT2D eigenvalue weighted by molar-refractivity contribution is -0.103. The standard InChI is InChI=1S/C12H8O2/c13-7-1-2-9-3-4-10-5-6-12(14)11(10)8-9/h3-4,7-8H,5-6H2. The van der Waals surface area contributed by atoms with Gasteiger partial charge in [0, 0.05) is 17.5 Å². The number of carbonyl (C=O) groups excluding carboxylic acids is 2. The number of ketones is 1. The van der Waals surface area contributed by atoms with Gasteiger partial charge in [0.1, 0.15) is 0 Å². The van der Waals surface area contributed by atoms with E-state index in [1.165, 1.54) is 0 Å². The molecule has 1 aliphatic carbocycles. The summed E-state index contributed by atoms with van der Waals surface area (Å²) in [4.78, 5) is 21.4. The minimum Gasteiger partial charge on any atom is -0.294 e. The van der Waals surface area contributed by atoms with Crippen LogP contribution in [0.4, 0.5) is 0 Å². The van der Waals surface area contributed by atoms with Gasteiger partial charge in [-0.1, -0.05) is 12.0 Å². The van der Waals surface area contributed by atoms with Crippen molar-refractivity contribution in [1.82, 2.24) is 0 Å². The Morgan fingerprint density at radius 2 is 2.14 bits per heavy atom. The third-order valence-corrected chi connectivity index (χ3v) is 2.31. The fraction of sp³-hybridized carbons (Fsp3) is 0.167. The number of fused-ring (bicyclic) bond motifs is 1. The Kier molecular flexibility index (Phi) is 2.16. The highest BCUT2D eigenvalue weighted by Gasteiger charge is 2.18. The second-order valence-electron chi connectivity index (χ2n) is 3.18. The largest absolute Gasteiger partial charge is 0.294 e. The van der Waals surface area contributed by atoms with Crippen molar-refractivity contribution >= 4 is 12.1 Å². The molecule has 14 heavy (non-hydrogen) atoms. The maximum Gasteiger partial charge on any atom is 0.193 e. The third-order valence-electron chi connectivity index (χ3n) is 2.31. The first-order valence-electron chi connectivity index (χ1n) is 4.42. The van der Waals surface area contributed by atoms with Crippen LogP contribution >= 0.6 is 0 Å². The van der Waals surface area contributed by atoms with E-state index in [4.69, 9.17) is 0 Å². The molecule has 0 saturated heterocycles. The summed E-state index contributed by atoms with van der Waals surface area (Å²) >= 11 is 0. The highest BCUT2D eigenvalue weighted by atomic mass is 16.1. The molecule has 1 aromatic carbocycles. The van der Waals surface area contributed by atoms with E-state index in [1.807, 2.05) is 12.1 Å². The smallest absolute Gasteiger partial charge is 0.193 e. The predicted octanol–water partition coefficient (Wildman–Crippen LogP) is 1.37. The van der Waals surface area contributed by atoms with Gasteiger partial charge in [-0.3, -0.25) is 9.59 Å². The first kappa shape index (κ1) is 8.71. The van der Waals surface area contributed by atoms with E-state index in [0.29, 0.717) is 12.7 Å². The highest BCUT2D eigenvalue weighted by Crippen LogP contribution is 2.22. The van der Waals surface area contributed by atoms with E-state index in [1.54, 1.807) is 6.07 Å². The van der Waals surface area contributed by atoms with E-state index in [0.717, 1.165) is 23.1 Å². The van der Waals surface area contributed by atoms with Crippen LogP contribution in [-0.4, -0.2) is 12.1 Å². The SMILES string of the molecule is O=CC#Cc1ccc2c(c1)C(=O)CC2. The lowest BCUT2D eigenvalue weighted by Crippen LogP contribution is -1.91. The lowest BCUT2D eigenvalue weighted by atomic mass is 10.1. The predicted molar refractivity (Wildman–Crippen MR) is 52.0 cm³/mol. The Bertz CT molecular complexity index is 461. The molecular weight excluding hydrogens is 176 g/mol. The van der Waals surface area contributed by atoms with Crippen molar-refractivity contribution in [2.75, 3.05) is 0 Å². The summed E-state index contributed by atoms with van der Waals surface area (Å²) in [6, 6.07) is 5.52. The quantitative estimate of drug-likeness (QED) is 0.450. The van der Waals surface area contributed by atoms with Gasteiger partial charge in [-0.2, -0.15) is 0 Å². The van der Waals surface area contributed by atoms with E-state index < -0.39 is 0 Å². The number of hydrogen-bond donors (Lipinski definition) is 0. The van der Waals surface area contributed by atoms with Crippen molar-refractivity contribution in [3.05, 3.63) is 34.9 Å². The van der Waals surface area contributed by atoms with E-state index in [2.05, 4.69) is 11.8 Å². The van der Waals surface area contributed by atoms with Gasteiger partial charge in [0.25, 0.3) is 0 Å². The van der Waals surface area contributed by atoms with Crippen molar-refractivity contribution in [3.8, 4) is 11.8 Å². The molecule has 0 N–H and O–H groups in total. The summed E-state index contributed by atoms with van der Waals surface area (Å²) < 4.78 is 0. The van der Waals surface area contributed by atoms with Gasteiger partial charge in [-0.15, -0.1) is 0 Å². The molecule has 0 saturated carbocycles. The summed E-state index contributed by atoms with van der Waals surface area (Å²) in [5.41, 5.74) is 2.58. The van der Waals surface area contributed by atoms with Crippen LogP contribution in [0.25, 0.3) is 0 Å². The van der Waals surface area contributed by atoms with Crippen molar-refractivity contribution in [2.45, 2.75) is 12.8 Å². The number of rotatable bonds is 0. The molecule has 2 heteroatoms. The fourth-order valence-electron chi connectivity index (χ4n) is 1.63. The van der Waals surface area contributed by atoms with E-state index in [9.17, 15) is 9.59 Å². The minimum atomic E-state index is 0.176. The van der Waals surface area contributed by atoms with Gasteiger partial charge >= 0.3 is 0 Å². The minimum absolute atomic E-state index is 0.176. The van der Waals surface area contributed by atoms with Gasteiger partial charge in [0.05, 0.1) is 0 Å². The first-order chi connectivity index (χ1) is 6.81. The number of aldehydes is 1. The normalized spacial score (nSPS) is 13.0. The molecule has 0 aliphatic heterocycles. The molecule has 1 aromatic rings. The Hall–Kier alpha value is -1.88. The molecule has 0 unspecified atom stereocenters. The average molecular weight is 184 g/mol. The molecule has 2 nitrogen and oxygen atoms in total. The van der Waals surface area contributed by atoms with Crippen molar-refractivity contribution in [1.29, 1.82) is 0 Å². The zero-order valence-corrected chi connectivity index (χ0v) is 7.54. The molecule has 0 atom stereocenters. The van der Waals surface area contributed by atoms with Crippen LogP contribution in [0.3, 0.4) is 0 Å². The first-order valence-corrected chi connectivity index (χ1v) is 4.42. The molecule has 0 aromatic heterocycles. The number of aryl methyl sites for hydroxylation is 1. The molecule has 68 valence electrons. The summed E-state index contributed by atoms with van der Waals surface area (Å²) in [5, 5.41) is 0. The molecular formula is C12H8O2. The molecule has 1 aliphatic rings. The Labute approximate surface area is 81.9 Å². The zero-order chi connectivity index (χ0) is 9.97. The number of Topliss-reactive ketones (excluding diaryl/α,β-unsaturated/α-hetero) is 1. The second-order valence-corrected chi connectivity index (χ2v) is 3.18. The number of hydrogen-bond acceptors (Lipinski definition) is 2. The monoisotopic (exact) mass is 184 g/mol. The van der Waals surface area contributed by atoms with Crippen molar-refractivity contribution in [3.63, 3.8) is 0 Å². The Balaban J connectivity index is 2.44. The lowest BCUT2D eigenvalue weighted by Gasteiger charge is -1.96. The fourth-order valence-corrected chi connectivity index (χ4v) is 1.63. The van der Waals surface area contributed by atoms with Crippen LogP contribution in [0.15, 0.2) is 18.2 Å². The van der Waals surface area contributed by atoms with Gasteiger partial charge in [-0.05, 0) is 30.0 Å². The average Bonchev–Trinajstić information content (AvgIpc) is 2.57. The van der Waals surface area contributed by atoms with Gasteiger partial charge in [-0.25, -0.2) is 0 Å². The maximum absolute atomic E-state index is 11.4.